The van der Waals surface area contributed by atoms with E-state index in [9.17, 15) is 5.11 Å². The zero-order valence-corrected chi connectivity index (χ0v) is 17.8. The number of methoxy groups -OCH3 is 1. The fourth-order valence-corrected chi connectivity index (χ4v) is 2.93. The summed E-state index contributed by atoms with van der Waals surface area (Å²) in [5, 5.41) is 25.7. The van der Waals surface area contributed by atoms with Crippen LogP contribution in [0.5, 0.6) is 17.2 Å². The molecule has 0 aliphatic rings. The SMILES string of the molecule is COc1ccc(Nc2cc(Nc3cc(Cl)ccc3OCC[CH]CCO)ncn2)cc1O. The molecule has 0 atom stereocenters. The number of rotatable bonds is 11. The number of halogens is 1. The van der Waals surface area contributed by atoms with Crippen LogP contribution in [0.4, 0.5) is 23.0 Å². The summed E-state index contributed by atoms with van der Waals surface area (Å²) in [4.78, 5) is 8.46. The van der Waals surface area contributed by atoms with E-state index >= 15 is 0 Å². The normalized spacial score (nSPS) is 10.5. The number of ether oxygens (including phenoxy) is 2. The summed E-state index contributed by atoms with van der Waals surface area (Å²) in [6, 6.07) is 12.0. The van der Waals surface area contributed by atoms with Crippen molar-refractivity contribution < 1.29 is 19.7 Å². The molecule has 0 aliphatic heterocycles. The minimum Gasteiger partial charge on any atom is -0.504 e. The van der Waals surface area contributed by atoms with Crippen molar-refractivity contribution in [2.75, 3.05) is 31.0 Å². The Morgan fingerprint density at radius 2 is 1.77 bits per heavy atom. The van der Waals surface area contributed by atoms with Crippen molar-refractivity contribution in [3.05, 3.63) is 60.2 Å². The van der Waals surface area contributed by atoms with Crippen molar-refractivity contribution in [1.82, 2.24) is 9.97 Å². The van der Waals surface area contributed by atoms with Gasteiger partial charge in [-0.05, 0) is 49.6 Å². The van der Waals surface area contributed by atoms with Crippen molar-refractivity contribution in [1.29, 1.82) is 0 Å². The highest BCUT2D eigenvalue weighted by atomic mass is 35.5. The van der Waals surface area contributed by atoms with Crippen molar-refractivity contribution in [3.8, 4) is 17.2 Å². The molecular weight excluding hydrogens is 420 g/mol. The second kappa shape index (κ2) is 11.2. The minimum absolute atomic E-state index is 0.0249. The maximum atomic E-state index is 9.94. The number of nitrogens with zero attached hydrogens (tertiary/aromatic N) is 2. The van der Waals surface area contributed by atoms with E-state index in [4.69, 9.17) is 26.2 Å². The molecule has 0 fully saturated rings. The molecule has 31 heavy (non-hydrogen) atoms. The summed E-state index contributed by atoms with van der Waals surface area (Å²) in [6.45, 7) is 0.613. The van der Waals surface area contributed by atoms with Gasteiger partial charge in [0.05, 0.1) is 19.4 Å². The van der Waals surface area contributed by atoms with Crippen LogP contribution < -0.4 is 20.1 Å². The first-order chi connectivity index (χ1) is 15.1. The Bertz CT molecular complexity index is 1000. The van der Waals surface area contributed by atoms with Crippen LogP contribution in [-0.4, -0.2) is 40.5 Å². The van der Waals surface area contributed by atoms with Gasteiger partial charge in [-0.15, -0.1) is 0 Å². The van der Waals surface area contributed by atoms with Gasteiger partial charge in [-0.2, -0.15) is 0 Å². The first-order valence-electron chi connectivity index (χ1n) is 9.67. The van der Waals surface area contributed by atoms with E-state index in [1.54, 1.807) is 42.5 Å². The van der Waals surface area contributed by atoms with Crippen LogP contribution in [0.15, 0.2) is 48.8 Å². The van der Waals surface area contributed by atoms with Crippen LogP contribution >= 0.6 is 11.6 Å². The van der Waals surface area contributed by atoms with Crippen LogP contribution in [-0.2, 0) is 0 Å². The van der Waals surface area contributed by atoms with Gasteiger partial charge in [0, 0.05) is 29.4 Å². The van der Waals surface area contributed by atoms with Gasteiger partial charge < -0.3 is 30.3 Å². The lowest BCUT2D eigenvalue weighted by Crippen LogP contribution is -2.03. The lowest BCUT2D eigenvalue weighted by molar-refractivity contribution is 0.287. The average Bonchev–Trinajstić information content (AvgIpc) is 2.75. The number of anilines is 4. The summed E-state index contributed by atoms with van der Waals surface area (Å²) < 4.78 is 10.9. The maximum Gasteiger partial charge on any atom is 0.160 e. The summed E-state index contributed by atoms with van der Waals surface area (Å²) in [7, 11) is 1.49. The predicted octanol–water partition coefficient (Wildman–Crippen LogP) is 4.69. The number of benzene rings is 2. The zero-order chi connectivity index (χ0) is 22.1. The number of hydrogen-bond donors (Lipinski definition) is 4. The van der Waals surface area contributed by atoms with Crippen molar-refractivity contribution in [2.24, 2.45) is 0 Å². The van der Waals surface area contributed by atoms with E-state index in [-0.39, 0.29) is 12.4 Å². The van der Waals surface area contributed by atoms with Crippen molar-refractivity contribution >= 4 is 34.6 Å². The number of aliphatic hydroxyl groups excluding tert-OH is 1. The van der Waals surface area contributed by atoms with Crippen LogP contribution in [0, 0.1) is 6.42 Å². The largest absolute Gasteiger partial charge is 0.504 e. The molecule has 0 spiro atoms. The standard InChI is InChI=1S/C22H24ClN4O4/c1-30-20-8-6-16(12-18(20)29)26-21-13-22(25-14-24-21)27-17-11-15(23)5-7-19(17)31-10-4-2-3-9-28/h2,5-8,11-14,28-29H,3-4,9-10H2,1H3,(H2,24,25,26,27). The molecule has 163 valence electrons. The van der Waals surface area contributed by atoms with Gasteiger partial charge in [0.25, 0.3) is 0 Å². The minimum atomic E-state index is 0.0249. The van der Waals surface area contributed by atoms with Crippen LogP contribution in [0.1, 0.15) is 12.8 Å². The number of hydrogen-bond acceptors (Lipinski definition) is 8. The molecule has 0 bridgehead atoms. The molecule has 0 aliphatic carbocycles. The topological polar surface area (TPSA) is 109 Å². The fraction of sp³-hybridized carbons (Fsp3) is 0.227. The maximum absolute atomic E-state index is 9.94. The average molecular weight is 444 g/mol. The first-order valence-corrected chi connectivity index (χ1v) is 10.0. The van der Waals surface area contributed by atoms with E-state index in [1.165, 1.54) is 13.4 Å². The molecule has 8 nitrogen and oxygen atoms in total. The molecule has 1 radical (unpaired) electrons. The quantitative estimate of drug-likeness (QED) is 0.316. The molecular formula is C22H24ClN4O4. The molecule has 0 unspecified atom stereocenters. The highest BCUT2D eigenvalue weighted by molar-refractivity contribution is 6.31. The third-order valence-corrected chi connectivity index (χ3v) is 4.47. The van der Waals surface area contributed by atoms with Crippen LogP contribution in [0.2, 0.25) is 5.02 Å². The summed E-state index contributed by atoms with van der Waals surface area (Å²) in [5.74, 6) is 2.12. The van der Waals surface area contributed by atoms with Crippen LogP contribution in [0.25, 0.3) is 0 Å². The fourth-order valence-electron chi connectivity index (χ4n) is 2.76. The molecule has 1 heterocycles. The summed E-state index contributed by atoms with van der Waals surface area (Å²) in [6.07, 6.45) is 4.75. The smallest absolute Gasteiger partial charge is 0.160 e. The Morgan fingerprint density at radius 3 is 2.52 bits per heavy atom. The Labute approximate surface area is 185 Å². The van der Waals surface area contributed by atoms with E-state index in [0.29, 0.717) is 52.6 Å². The molecule has 4 N–H and O–H groups in total. The lowest BCUT2D eigenvalue weighted by Gasteiger charge is -2.14. The molecule has 3 rings (SSSR count). The Kier molecular flexibility index (Phi) is 8.14. The number of aliphatic hydroxyl groups is 1. The third kappa shape index (κ3) is 6.63. The summed E-state index contributed by atoms with van der Waals surface area (Å²) >= 11 is 6.16. The molecule has 0 saturated carbocycles. The molecule has 2 aromatic carbocycles. The molecule has 0 saturated heterocycles. The molecule has 3 aromatic rings. The monoisotopic (exact) mass is 443 g/mol. The Morgan fingerprint density at radius 1 is 1.00 bits per heavy atom. The van der Waals surface area contributed by atoms with E-state index in [2.05, 4.69) is 20.6 Å². The second-order valence-electron chi connectivity index (χ2n) is 6.50. The number of nitrogens with one attached hydrogen (secondary N) is 2. The summed E-state index contributed by atoms with van der Waals surface area (Å²) in [5.41, 5.74) is 1.32. The number of aromatic hydroxyl groups is 1. The van der Waals surface area contributed by atoms with Crippen molar-refractivity contribution in [3.63, 3.8) is 0 Å². The van der Waals surface area contributed by atoms with Crippen LogP contribution in [0.3, 0.4) is 0 Å². The Hall–Kier alpha value is -3.23. The first kappa shape index (κ1) is 22.5. The zero-order valence-electron chi connectivity index (χ0n) is 17.0. The third-order valence-electron chi connectivity index (χ3n) is 4.24. The number of phenols is 1. The second-order valence-corrected chi connectivity index (χ2v) is 6.94. The molecule has 1 aromatic heterocycles. The highest BCUT2D eigenvalue weighted by Crippen LogP contribution is 2.32. The van der Waals surface area contributed by atoms with Gasteiger partial charge >= 0.3 is 0 Å². The van der Waals surface area contributed by atoms with Gasteiger partial charge in [0.1, 0.15) is 23.7 Å². The van der Waals surface area contributed by atoms with Gasteiger partial charge in [0.2, 0.25) is 0 Å². The lowest BCUT2D eigenvalue weighted by atomic mass is 10.2. The van der Waals surface area contributed by atoms with Gasteiger partial charge in [-0.25, -0.2) is 9.97 Å². The van der Waals surface area contributed by atoms with E-state index < -0.39 is 0 Å². The van der Waals surface area contributed by atoms with E-state index in [0.717, 1.165) is 6.42 Å². The molecule has 9 heteroatoms. The predicted molar refractivity (Wildman–Crippen MR) is 121 cm³/mol. The van der Waals surface area contributed by atoms with Gasteiger partial charge in [0.15, 0.2) is 11.5 Å². The van der Waals surface area contributed by atoms with Gasteiger partial charge in [-0.1, -0.05) is 11.6 Å². The highest BCUT2D eigenvalue weighted by Gasteiger charge is 2.09. The number of aromatic nitrogens is 2. The molecule has 0 amide bonds. The van der Waals surface area contributed by atoms with Gasteiger partial charge in [-0.3, -0.25) is 0 Å². The Balaban J connectivity index is 1.70. The number of phenolic OH excluding ortho intramolecular Hbond substituents is 1. The van der Waals surface area contributed by atoms with E-state index in [1.807, 2.05) is 6.42 Å². The number of unbranched alkanes of at least 4 members (excludes halogenated alkanes) is 2. The van der Waals surface area contributed by atoms with Crippen molar-refractivity contribution in [2.45, 2.75) is 12.8 Å².